The number of rotatable bonds is 4. The fourth-order valence-electron chi connectivity index (χ4n) is 1.51. The zero-order valence-electron chi connectivity index (χ0n) is 10.7. The van der Waals surface area contributed by atoms with Crippen LogP contribution in [-0.4, -0.2) is 11.1 Å². The molecule has 0 aromatic heterocycles. The third-order valence-electron chi connectivity index (χ3n) is 2.54. The predicted molar refractivity (Wildman–Crippen MR) is 85.2 cm³/mol. The van der Waals surface area contributed by atoms with Gasteiger partial charge in [-0.25, -0.2) is 0 Å². The van der Waals surface area contributed by atoms with Crippen LogP contribution in [0, 0.1) is 0 Å². The summed E-state index contributed by atoms with van der Waals surface area (Å²) in [7, 11) is 0. The van der Waals surface area contributed by atoms with E-state index in [-0.39, 0.29) is 5.56 Å². The van der Waals surface area contributed by atoms with Crippen molar-refractivity contribution in [3.8, 4) is 0 Å². The van der Waals surface area contributed by atoms with Gasteiger partial charge in [0.2, 0.25) is 0 Å². The predicted octanol–water partition coefficient (Wildman–Crippen LogP) is 2.02. The monoisotopic (exact) mass is 320 g/mol. The Bertz CT molecular complexity index is 644. The molecule has 7 heteroatoms. The maximum atomic E-state index is 10.6. The van der Waals surface area contributed by atoms with Crippen LogP contribution in [0.1, 0.15) is 10.4 Å². The standard InChI is InChI=1S/C14H12ClN3O2S/c15-10-3-7-11(8-4-10)16-14(21)18-17-12-5-1-9(2-6-12)13(19)20/h1-8,17H,(H,19,20)(H2,16,18,21)/p-1. The first kappa shape index (κ1) is 15.1. The summed E-state index contributed by atoms with van der Waals surface area (Å²) < 4.78 is 0. The number of carbonyl (C=O) groups excluding carboxylic acids is 1. The molecule has 0 amide bonds. The van der Waals surface area contributed by atoms with Crippen molar-refractivity contribution < 1.29 is 9.90 Å². The third-order valence-corrected chi connectivity index (χ3v) is 3.00. The van der Waals surface area contributed by atoms with Crippen molar-refractivity contribution in [2.45, 2.75) is 0 Å². The quantitative estimate of drug-likeness (QED) is 0.591. The maximum Gasteiger partial charge on any atom is 0.189 e. The fraction of sp³-hybridized carbons (Fsp3) is 0. The molecule has 5 nitrogen and oxygen atoms in total. The molecule has 0 spiro atoms. The van der Waals surface area contributed by atoms with Gasteiger partial charge in [0, 0.05) is 10.7 Å². The smallest absolute Gasteiger partial charge is 0.189 e. The molecular formula is C14H11ClN3O2S-. The van der Waals surface area contributed by atoms with Crippen LogP contribution in [-0.2, 0) is 0 Å². The van der Waals surface area contributed by atoms with Crippen LogP contribution >= 0.6 is 23.8 Å². The number of thiocarbonyl (C=S) groups is 1. The lowest BCUT2D eigenvalue weighted by molar-refractivity contribution is -0.255. The Balaban J connectivity index is 1.86. The van der Waals surface area contributed by atoms with Gasteiger partial charge in [-0.3, -0.25) is 10.9 Å². The first-order valence-electron chi connectivity index (χ1n) is 5.94. The summed E-state index contributed by atoms with van der Waals surface area (Å²) in [4.78, 5) is 10.6. The van der Waals surface area contributed by atoms with Gasteiger partial charge >= 0.3 is 0 Å². The number of halogens is 1. The largest absolute Gasteiger partial charge is 0.545 e. The van der Waals surface area contributed by atoms with Gasteiger partial charge in [-0.2, -0.15) is 0 Å². The van der Waals surface area contributed by atoms with E-state index >= 15 is 0 Å². The average Bonchev–Trinajstić information content (AvgIpc) is 2.48. The van der Waals surface area contributed by atoms with Crippen LogP contribution in [0.2, 0.25) is 5.02 Å². The number of carboxylic acid groups (broad SMARTS) is 1. The van der Waals surface area contributed by atoms with Gasteiger partial charge < -0.3 is 15.2 Å². The molecular weight excluding hydrogens is 310 g/mol. The van der Waals surface area contributed by atoms with Crippen LogP contribution in [0.5, 0.6) is 0 Å². The minimum atomic E-state index is -1.21. The highest BCUT2D eigenvalue weighted by atomic mass is 35.5. The molecule has 0 aliphatic rings. The first-order chi connectivity index (χ1) is 10.0. The minimum Gasteiger partial charge on any atom is -0.545 e. The number of hydrogen-bond acceptors (Lipinski definition) is 4. The number of hydrogen-bond donors (Lipinski definition) is 3. The van der Waals surface area contributed by atoms with Crippen molar-refractivity contribution in [1.82, 2.24) is 5.43 Å². The first-order valence-corrected chi connectivity index (χ1v) is 6.73. The molecule has 0 atom stereocenters. The van der Waals surface area contributed by atoms with E-state index in [2.05, 4.69) is 16.2 Å². The van der Waals surface area contributed by atoms with Crippen molar-refractivity contribution in [3.63, 3.8) is 0 Å². The summed E-state index contributed by atoms with van der Waals surface area (Å²) in [6.07, 6.45) is 0. The number of nitrogens with one attached hydrogen (secondary N) is 3. The number of anilines is 2. The molecule has 0 aliphatic carbocycles. The van der Waals surface area contributed by atoms with E-state index < -0.39 is 5.97 Å². The Labute approximate surface area is 131 Å². The SMILES string of the molecule is O=C([O-])c1ccc(NNC(=S)Nc2ccc(Cl)cc2)cc1. The highest BCUT2D eigenvalue weighted by molar-refractivity contribution is 7.80. The van der Waals surface area contributed by atoms with E-state index in [4.69, 9.17) is 23.8 Å². The molecule has 0 saturated heterocycles. The van der Waals surface area contributed by atoms with Gasteiger partial charge in [-0.15, -0.1) is 0 Å². The number of carboxylic acids is 1. The second kappa shape index (κ2) is 6.92. The maximum absolute atomic E-state index is 10.6. The highest BCUT2D eigenvalue weighted by Crippen LogP contribution is 2.13. The summed E-state index contributed by atoms with van der Waals surface area (Å²) in [5.41, 5.74) is 7.21. The summed E-state index contributed by atoms with van der Waals surface area (Å²) >= 11 is 10.9. The van der Waals surface area contributed by atoms with Crippen LogP contribution in [0.4, 0.5) is 11.4 Å². The Morgan fingerprint density at radius 1 is 1.00 bits per heavy atom. The van der Waals surface area contributed by atoms with Gasteiger partial charge in [0.25, 0.3) is 0 Å². The molecule has 21 heavy (non-hydrogen) atoms. The molecule has 3 N–H and O–H groups in total. The van der Waals surface area contributed by atoms with Crippen molar-refractivity contribution in [2.24, 2.45) is 0 Å². The lowest BCUT2D eigenvalue weighted by Gasteiger charge is -2.13. The second-order valence-electron chi connectivity index (χ2n) is 4.08. The number of benzene rings is 2. The zero-order chi connectivity index (χ0) is 15.2. The number of carbonyl (C=O) groups is 1. The lowest BCUT2D eigenvalue weighted by atomic mass is 10.2. The number of hydrazine groups is 1. The van der Waals surface area contributed by atoms with Crippen molar-refractivity contribution >= 4 is 46.3 Å². The molecule has 0 saturated carbocycles. The van der Waals surface area contributed by atoms with Crippen LogP contribution < -0.4 is 21.3 Å². The molecule has 0 aliphatic heterocycles. The van der Waals surface area contributed by atoms with E-state index in [0.29, 0.717) is 15.8 Å². The third kappa shape index (κ3) is 4.62. The molecule has 0 fully saturated rings. The molecule has 0 bridgehead atoms. The van der Waals surface area contributed by atoms with Gasteiger partial charge in [0.1, 0.15) is 0 Å². The van der Waals surface area contributed by atoms with E-state index in [1.165, 1.54) is 12.1 Å². The van der Waals surface area contributed by atoms with Gasteiger partial charge in [-0.1, -0.05) is 23.7 Å². The van der Waals surface area contributed by atoms with E-state index in [1.807, 2.05) is 0 Å². The Kier molecular flexibility index (Phi) is 4.97. The Morgan fingerprint density at radius 2 is 1.57 bits per heavy atom. The van der Waals surface area contributed by atoms with Crippen LogP contribution in [0.3, 0.4) is 0 Å². The molecule has 108 valence electrons. The molecule has 0 unspecified atom stereocenters. The van der Waals surface area contributed by atoms with Crippen molar-refractivity contribution in [2.75, 3.05) is 10.7 Å². The molecule has 2 rings (SSSR count). The second-order valence-corrected chi connectivity index (χ2v) is 4.92. The molecule has 0 radical (unpaired) electrons. The van der Waals surface area contributed by atoms with Gasteiger partial charge in [0.15, 0.2) is 5.11 Å². The number of aromatic carboxylic acids is 1. The molecule has 2 aromatic rings. The summed E-state index contributed by atoms with van der Waals surface area (Å²) in [5, 5.41) is 14.6. The summed E-state index contributed by atoms with van der Waals surface area (Å²) in [6, 6.07) is 13.2. The molecule has 2 aromatic carbocycles. The topological polar surface area (TPSA) is 76.2 Å². The summed E-state index contributed by atoms with van der Waals surface area (Å²) in [5.74, 6) is -1.21. The zero-order valence-corrected chi connectivity index (χ0v) is 12.3. The van der Waals surface area contributed by atoms with Gasteiger partial charge in [-0.05, 0) is 54.2 Å². The van der Waals surface area contributed by atoms with Gasteiger partial charge in [0.05, 0.1) is 11.7 Å². The van der Waals surface area contributed by atoms with Crippen molar-refractivity contribution in [3.05, 3.63) is 59.1 Å². The van der Waals surface area contributed by atoms with E-state index in [1.54, 1.807) is 36.4 Å². The van der Waals surface area contributed by atoms with E-state index in [9.17, 15) is 9.90 Å². The minimum absolute atomic E-state index is 0.113. The summed E-state index contributed by atoms with van der Waals surface area (Å²) in [6.45, 7) is 0. The Morgan fingerprint density at radius 3 is 2.14 bits per heavy atom. The highest BCUT2D eigenvalue weighted by Gasteiger charge is 1.98. The van der Waals surface area contributed by atoms with Crippen LogP contribution in [0.25, 0.3) is 0 Å². The fourth-order valence-corrected chi connectivity index (χ4v) is 1.81. The van der Waals surface area contributed by atoms with E-state index in [0.717, 1.165) is 5.69 Å². The average molecular weight is 321 g/mol. The van der Waals surface area contributed by atoms with Crippen LogP contribution in [0.15, 0.2) is 48.5 Å². The Hall–Kier alpha value is -2.31. The lowest BCUT2D eigenvalue weighted by Crippen LogP contribution is -2.33. The normalized spacial score (nSPS) is 9.76. The van der Waals surface area contributed by atoms with Crippen molar-refractivity contribution in [1.29, 1.82) is 0 Å². The molecule has 0 heterocycles.